The van der Waals surface area contributed by atoms with Gasteiger partial charge in [0.05, 0.1) is 10.9 Å². The van der Waals surface area contributed by atoms with Gasteiger partial charge in [-0.2, -0.15) is 5.10 Å². The van der Waals surface area contributed by atoms with Gasteiger partial charge in [-0.1, -0.05) is 38.0 Å². The number of sulfonamides is 1. The van der Waals surface area contributed by atoms with E-state index < -0.39 is 16.1 Å². The molecule has 1 aromatic carbocycles. The second-order valence-corrected chi connectivity index (χ2v) is 7.09. The number of nitrogens with one attached hydrogen (secondary N) is 1. The van der Waals surface area contributed by atoms with E-state index in [0.717, 1.165) is 25.0 Å². The molecule has 1 unspecified atom stereocenters. The molecule has 1 aliphatic rings. The van der Waals surface area contributed by atoms with Crippen LogP contribution in [0.4, 0.5) is 4.79 Å². The molecule has 2 rings (SSSR count). The molecule has 22 heavy (non-hydrogen) atoms. The van der Waals surface area contributed by atoms with E-state index in [1.54, 1.807) is 18.2 Å². The summed E-state index contributed by atoms with van der Waals surface area (Å²) in [6.07, 6.45) is 3.50. The number of carbonyl (C=O) groups is 1. The highest BCUT2D eigenvalue weighted by Gasteiger charge is 2.31. The van der Waals surface area contributed by atoms with Crippen molar-refractivity contribution in [3.63, 3.8) is 0 Å². The molecule has 0 radical (unpaired) electrons. The normalized spacial score (nSPS) is 18.2. The summed E-state index contributed by atoms with van der Waals surface area (Å²) in [7, 11) is -3.87. The predicted octanol–water partition coefficient (Wildman–Crippen LogP) is 2.73. The van der Waals surface area contributed by atoms with Crippen LogP contribution in [-0.4, -0.2) is 31.2 Å². The first-order valence-corrected chi connectivity index (χ1v) is 8.87. The topological polar surface area (TPSA) is 78.8 Å². The standard InChI is InChI=1S/C15H21N3O3S/c1-3-4-8-13-11-12(2)16-18(13)15(19)17-22(20,21)14-9-6-5-7-10-14/h5-7,9-10,13H,3-4,8,11H2,1-2H3,(H,17,19). The number of hydrogen-bond acceptors (Lipinski definition) is 4. The molecule has 0 bridgehead atoms. The second kappa shape index (κ2) is 6.91. The van der Waals surface area contributed by atoms with Crippen molar-refractivity contribution in [3.05, 3.63) is 30.3 Å². The molecule has 1 aromatic rings. The Balaban J connectivity index is 2.10. The van der Waals surface area contributed by atoms with Crippen molar-refractivity contribution in [1.82, 2.24) is 9.73 Å². The lowest BCUT2D eigenvalue weighted by atomic mass is 10.1. The molecular weight excluding hydrogens is 302 g/mol. The molecule has 1 atom stereocenters. The van der Waals surface area contributed by atoms with Gasteiger partial charge < -0.3 is 0 Å². The Morgan fingerprint density at radius 2 is 2.05 bits per heavy atom. The molecule has 1 heterocycles. The average Bonchev–Trinajstić information content (AvgIpc) is 2.87. The summed E-state index contributed by atoms with van der Waals surface area (Å²) in [5, 5.41) is 5.44. The van der Waals surface area contributed by atoms with Gasteiger partial charge >= 0.3 is 6.03 Å². The van der Waals surface area contributed by atoms with Crippen LogP contribution in [0.25, 0.3) is 0 Å². The van der Waals surface area contributed by atoms with Crippen LogP contribution < -0.4 is 4.72 Å². The zero-order valence-corrected chi connectivity index (χ0v) is 13.6. The van der Waals surface area contributed by atoms with Crippen molar-refractivity contribution in [3.8, 4) is 0 Å². The molecule has 120 valence electrons. The molecule has 2 amide bonds. The molecular formula is C15H21N3O3S. The smallest absolute Gasteiger partial charge is 0.246 e. The Morgan fingerprint density at radius 1 is 1.36 bits per heavy atom. The van der Waals surface area contributed by atoms with E-state index in [-0.39, 0.29) is 10.9 Å². The number of hydrazone groups is 1. The number of nitrogens with zero attached hydrogens (tertiary/aromatic N) is 2. The summed E-state index contributed by atoms with van der Waals surface area (Å²) in [6, 6.07) is 7.08. The fourth-order valence-electron chi connectivity index (χ4n) is 2.43. The van der Waals surface area contributed by atoms with Crippen LogP contribution in [0.5, 0.6) is 0 Å². The quantitative estimate of drug-likeness (QED) is 0.905. The monoisotopic (exact) mass is 323 g/mol. The van der Waals surface area contributed by atoms with Crippen LogP contribution in [0.3, 0.4) is 0 Å². The van der Waals surface area contributed by atoms with Gasteiger partial charge in [0, 0.05) is 12.1 Å². The van der Waals surface area contributed by atoms with Crippen LogP contribution in [0, 0.1) is 0 Å². The Bertz CT molecular complexity index is 656. The van der Waals surface area contributed by atoms with Crippen LogP contribution in [-0.2, 0) is 10.0 Å². The zero-order chi connectivity index (χ0) is 16.2. The minimum Gasteiger partial charge on any atom is -0.246 e. The predicted molar refractivity (Wildman–Crippen MR) is 85.0 cm³/mol. The lowest BCUT2D eigenvalue weighted by molar-refractivity contribution is 0.187. The summed E-state index contributed by atoms with van der Waals surface area (Å²) in [5.74, 6) is 0. The number of hydrogen-bond donors (Lipinski definition) is 1. The van der Waals surface area contributed by atoms with Crippen molar-refractivity contribution in [2.24, 2.45) is 5.10 Å². The van der Waals surface area contributed by atoms with Crippen LogP contribution in [0.1, 0.15) is 39.5 Å². The summed E-state index contributed by atoms with van der Waals surface area (Å²) >= 11 is 0. The number of benzene rings is 1. The fourth-order valence-corrected chi connectivity index (χ4v) is 3.39. The maximum Gasteiger partial charge on any atom is 0.351 e. The maximum atomic E-state index is 12.3. The molecule has 0 saturated carbocycles. The summed E-state index contributed by atoms with van der Waals surface area (Å²) < 4.78 is 26.5. The largest absolute Gasteiger partial charge is 0.351 e. The summed E-state index contributed by atoms with van der Waals surface area (Å²) in [4.78, 5) is 12.3. The minimum absolute atomic E-state index is 0.0633. The number of carbonyl (C=O) groups excluding carboxylic acids is 1. The minimum atomic E-state index is -3.87. The van der Waals surface area contributed by atoms with Crippen molar-refractivity contribution in [2.45, 2.75) is 50.5 Å². The van der Waals surface area contributed by atoms with Crippen molar-refractivity contribution >= 4 is 21.8 Å². The molecule has 0 saturated heterocycles. The average molecular weight is 323 g/mol. The van der Waals surface area contributed by atoms with Gasteiger partial charge in [0.2, 0.25) is 0 Å². The first-order valence-electron chi connectivity index (χ1n) is 7.39. The highest BCUT2D eigenvalue weighted by molar-refractivity contribution is 7.90. The summed E-state index contributed by atoms with van der Waals surface area (Å²) in [5.41, 5.74) is 0.841. The molecule has 0 aromatic heterocycles. The third-order valence-electron chi connectivity index (χ3n) is 3.53. The first kappa shape index (κ1) is 16.5. The number of rotatable bonds is 5. The van der Waals surface area contributed by atoms with Crippen LogP contribution >= 0.6 is 0 Å². The molecule has 0 fully saturated rings. The second-order valence-electron chi connectivity index (χ2n) is 5.40. The molecule has 7 heteroatoms. The number of amides is 2. The van der Waals surface area contributed by atoms with Crippen LogP contribution in [0.2, 0.25) is 0 Å². The molecule has 0 spiro atoms. The van der Waals surface area contributed by atoms with Crippen molar-refractivity contribution in [1.29, 1.82) is 0 Å². The van der Waals surface area contributed by atoms with Crippen LogP contribution in [0.15, 0.2) is 40.3 Å². The van der Waals surface area contributed by atoms with Gasteiger partial charge in [-0.15, -0.1) is 0 Å². The van der Waals surface area contributed by atoms with E-state index in [1.165, 1.54) is 17.1 Å². The molecule has 0 aliphatic carbocycles. The van der Waals surface area contributed by atoms with Gasteiger partial charge in [0.25, 0.3) is 10.0 Å². The number of unbranched alkanes of at least 4 members (excludes halogenated alkanes) is 1. The SMILES string of the molecule is CCCCC1CC(C)=NN1C(=O)NS(=O)(=O)c1ccccc1. The van der Waals surface area contributed by atoms with E-state index in [2.05, 4.69) is 16.7 Å². The van der Waals surface area contributed by atoms with Crippen molar-refractivity contribution in [2.75, 3.05) is 0 Å². The fraction of sp³-hybridized carbons (Fsp3) is 0.467. The first-order chi connectivity index (χ1) is 10.4. The van der Waals surface area contributed by atoms with E-state index in [0.29, 0.717) is 6.42 Å². The third kappa shape index (κ3) is 3.85. The Morgan fingerprint density at radius 3 is 2.68 bits per heavy atom. The van der Waals surface area contributed by atoms with Gasteiger partial charge in [-0.05, 0) is 25.5 Å². The van der Waals surface area contributed by atoms with E-state index in [9.17, 15) is 13.2 Å². The molecule has 1 N–H and O–H groups in total. The van der Waals surface area contributed by atoms with E-state index in [1.807, 2.05) is 6.92 Å². The highest BCUT2D eigenvalue weighted by Crippen LogP contribution is 2.21. The Kier molecular flexibility index (Phi) is 5.18. The van der Waals surface area contributed by atoms with E-state index >= 15 is 0 Å². The van der Waals surface area contributed by atoms with Crippen molar-refractivity contribution < 1.29 is 13.2 Å². The lowest BCUT2D eigenvalue weighted by Crippen LogP contribution is -2.43. The lowest BCUT2D eigenvalue weighted by Gasteiger charge is -2.21. The van der Waals surface area contributed by atoms with E-state index in [4.69, 9.17) is 0 Å². The molecule has 1 aliphatic heterocycles. The van der Waals surface area contributed by atoms with Gasteiger partial charge in [0.15, 0.2) is 0 Å². The van der Waals surface area contributed by atoms with Gasteiger partial charge in [0.1, 0.15) is 0 Å². The van der Waals surface area contributed by atoms with Gasteiger partial charge in [-0.3, -0.25) is 0 Å². The van der Waals surface area contributed by atoms with Gasteiger partial charge in [-0.25, -0.2) is 22.9 Å². The third-order valence-corrected chi connectivity index (χ3v) is 4.87. The number of urea groups is 1. The highest BCUT2D eigenvalue weighted by atomic mass is 32.2. The maximum absolute atomic E-state index is 12.3. The molecule has 6 nitrogen and oxygen atoms in total. The Hall–Kier alpha value is -1.89. The summed E-state index contributed by atoms with van der Waals surface area (Å²) in [6.45, 7) is 3.92. The zero-order valence-electron chi connectivity index (χ0n) is 12.8. The Labute approximate surface area is 131 Å².